The van der Waals surface area contributed by atoms with Crippen LogP contribution in [0.25, 0.3) is 0 Å². The maximum atomic E-state index is 11.2. The van der Waals surface area contributed by atoms with Gasteiger partial charge >= 0.3 is 12.2 Å². The highest BCUT2D eigenvalue weighted by Gasteiger charge is 2.12. The minimum absolute atomic E-state index is 0.115. The molecular weight excluding hydrogens is 268 g/mol. The molecule has 0 spiro atoms. The summed E-state index contributed by atoms with van der Waals surface area (Å²) in [6, 6.07) is 0. The molecule has 0 aromatic rings. The molecule has 0 saturated heterocycles. The summed E-state index contributed by atoms with van der Waals surface area (Å²) in [6.07, 6.45) is -0.683. The highest BCUT2D eigenvalue weighted by molar-refractivity contribution is 5.72. The summed E-state index contributed by atoms with van der Waals surface area (Å²) in [5, 5.41) is 8.31. The molecule has 0 unspecified atom stereocenters. The minimum Gasteiger partial charge on any atom is -0.464 e. The summed E-state index contributed by atoms with van der Waals surface area (Å²) in [5.74, 6) is 0.115. The molecule has 0 radical (unpaired) electrons. The van der Waals surface area contributed by atoms with Crippen molar-refractivity contribution in [3.63, 3.8) is 0 Å². The van der Waals surface area contributed by atoms with Crippen molar-refractivity contribution < 1.29 is 28.9 Å². The molecule has 0 aliphatic carbocycles. The van der Waals surface area contributed by atoms with E-state index >= 15 is 0 Å². The van der Waals surface area contributed by atoms with Gasteiger partial charge in [0.25, 0.3) is 0 Å². The van der Waals surface area contributed by atoms with Crippen LogP contribution in [0.15, 0.2) is 0 Å². The summed E-state index contributed by atoms with van der Waals surface area (Å²) < 4.78 is 15.5. The molecule has 118 valence electrons. The van der Waals surface area contributed by atoms with Crippen molar-refractivity contribution in [3.8, 4) is 0 Å². The number of hydrazine groups is 1. The van der Waals surface area contributed by atoms with Crippen LogP contribution in [0.4, 0.5) is 9.59 Å². The summed E-state index contributed by atoms with van der Waals surface area (Å²) in [6.45, 7) is 6.47. The second kappa shape index (κ2) is 12.5. The van der Waals surface area contributed by atoms with Crippen LogP contribution in [0, 0.1) is 5.92 Å². The van der Waals surface area contributed by atoms with E-state index in [4.69, 9.17) is 19.3 Å². The van der Waals surface area contributed by atoms with Gasteiger partial charge in [-0.2, -0.15) is 0 Å². The van der Waals surface area contributed by atoms with E-state index in [-0.39, 0.29) is 12.5 Å². The first-order chi connectivity index (χ1) is 9.60. The SMILES string of the molecule is CCOCCC(CCOCC)COC(=O)NNC(=O)O. The molecule has 3 N–H and O–H groups in total. The minimum atomic E-state index is -1.36. The molecule has 2 amide bonds. The van der Waals surface area contributed by atoms with Gasteiger partial charge in [0.1, 0.15) is 0 Å². The monoisotopic (exact) mass is 292 g/mol. The first-order valence-electron chi connectivity index (χ1n) is 6.67. The Morgan fingerprint density at radius 3 is 2.05 bits per heavy atom. The van der Waals surface area contributed by atoms with Crippen LogP contribution in [0.5, 0.6) is 0 Å². The van der Waals surface area contributed by atoms with Crippen molar-refractivity contribution in [1.82, 2.24) is 10.9 Å². The molecule has 0 rings (SSSR count). The third-order valence-electron chi connectivity index (χ3n) is 2.47. The Morgan fingerprint density at radius 2 is 1.60 bits per heavy atom. The molecule has 8 nitrogen and oxygen atoms in total. The largest absolute Gasteiger partial charge is 0.464 e. The van der Waals surface area contributed by atoms with Crippen LogP contribution in [0.1, 0.15) is 26.7 Å². The number of carbonyl (C=O) groups excluding carboxylic acids is 1. The Labute approximate surface area is 118 Å². The number of hydrogen-bond acceptors (Lipinski definition) is 5. The predicted molar refractivity (Wildman–Crippen MR) is 71.4 cm³/mol. The Hall–Kier alpha value is -1.54. The van der Waals surface area contributed by atoms with Crippen LogP contribution in [-0.4, -0.2) is 50.3 Å². The van der Waals surface area contributed by atoms with Crippen LogP contribution in [0.2, 0.25) is 0 Å². The van der Waals surface area contributed by atoms with Crippen molar-refractivity contribution >= 4 is 12.2 Å². The van der Waals surface area contributed by atoms with Gasteiger partial charge in [-0.1, -0.05) is 0 Å². The summed E-state index contributed by atoms with van der Waals surface area (Å²) in [4.78, 5) is 21.4. The molecule has 0 atom stereocenters. The molecule has 8 heteroatoms. The number of nitrogens with one attached hydrogen (secondary N) is 2. The maximum absolute atomic E-state index is 11.2. The molecule has 0 bridgehead atoms. The van der Waals surface area contributed by atoms with Gasteiger partial charge in [-0.15, -0.1) is 0 Å². The predicted octanol–water partition coefficient (Wildman–Crippen LogP) is 1.36. The van der Waals surface area contributed by atoms with Crippen molar-refractivity contribution in [3.05, 3.63) is 0 Å². The van der Waals surface area contributed by atoms with E-state index in [1.165, 1.54) is 0 Å². The number of hydrogen-bond donors (Lipinski definition) is 3. The van der Waals surface area contributed by atoms with Crippen LogP contribution < -0.4 is 10.9 Å². The molecule has 0 saturated carbocycles. The topological polar surface area (TPSA) is 106 Å². The van der Waals surface area contributed by atoms with Gasteiger partial charge in [-0.3, -0.25) is 0 Å². The lowest BCUT2D eigenvalue weighted by Crippen LogP contribution is -2.41. The Balaban J connectivity index is 3.92. The normalized spacial score (nSPS) is 10.3. The highest BCUT2D eigenvalue weighted by atomic mass is 16.6. The Kier molecular flexibility index (Phi) is 11.5. The number of ether oxygens (including phenoxy) is 3. The third-order valence-corrected chi connectivity index (χ3v) is 2.47. The zero-order chi connectivity index (χ0) is 15.2. The van der Waals surface area contributed by atoms with Gasteiger partial charge in [0.05, 0.1) is 6.61 Å². The van der Waals surface area contributed by atoms with Gasteiger partial charge in [-0.05, 0) is 32.6 Å². The van der Waals surface area contributed by atoms with Gasteiger partial charge < -0.3 is 19.3 Å². The van der Waals surface area contributed by atoms with Gasteiger partial charge in [-0.25, -0.2) is 20.4 Å². The van der Waals surface area contributed by atoms with Gasteiger partial charge in [0, 0.05) is 26.4 Å². The standard InChI is InChI=1S/C12H24N2O6/c1-3-18-7-5-10(6-8-19-4-2)9-20-12(17)14-13-11(15)16/h10,13H,3-9H2,1-2H3,(H,14,17)(H,15,16). The van der Waals surface area contributed by atoms with Crippen LogP contribution in [0.3, 0.4) is 0 Å². The average molecular weight is 292 g/mol. The Morgan fingerprint density at radius 1 is 1.05 bits per heavy atom. The lowest BCUT2D eigenvalue weighted by atomic mass is 10.0. The molecule has 0 aliphatic heterocycles. The van der Waals surface area contributed by atoms with Gasteiger partial charge in [0.2, 0.25) is 0 Å². The van der Waals surface area contributed by atoms with Crippen molar-refractivity contribution in [2.24, 2.45) is 5.92 Å². The summed E-state index contributed by atoms with van der Waals surface area (Å²) in [5.41, 5.74) is 3.62. The molecule has 20 heavy (non-hydrogen) atoms. The molecule has 0 fully saturated rings. The van der Waals surface area contributed by atoms with E-state index in [9.17, 15) is 9.59 Å². The molecule has 0 heterocycles. The van der Waals surface area contributed by atoms with Crippen molar-refractivity contribution in [2.75, 3.05) is 33.0 Å². The van der Waals surface area contributed by atoms with Crippen LogP contribution in [-0.2, 0) is 14.2 Å². The van der Waals surface area contributed by atoms with Crippen molar-refractivity contribution in [2.45, 2.75) is 26.7 Å². The fourth-order valence-electron chi connectivity index (χ4n) is 1.43. The van der Waals surface area contributed by atoms with E-state index in [1.54, 1.807) is 5.43 Å². The average Bonchev–Trinajstić information content (AvgIpc) is 2.42. The first-order valence-corrected chi connectivity index (χ1v) is 6.67. The second-order valence-corrected chi connectivity index (χ2v) is 3.99. The number of rotatable bonds is 10. The third kappa shape index (κ3) is 11.5. The first kappa shape index (κ1) is 18.5. The zero-order valence-electron chi connectivity index (χ0n) is 12.0. The maximum Gasteiger partial charge on any atom is 0.426 e. The summed E-state index contributed by atoms with van der Waals surface area (Å²) in [7, 11) is 0. The van der Waals surface area contributed by atoms with Crippen LogP contribution >= 0.6 is 0 Å². The quantitative estimate of drug-likeness (QED) is 0.415. The lowest BCUT2D eigenvalue weighted by Gasteiger charge is -2.17. The van der Waals surface area contributed by atoms with E-state index in [1.807, 2.05) is 19.3 Å². The smallest absolute Gasteiger partial charge is 0.426 e. The highest BCUT2D eigenvalue weighted by Crippen LogP contribution is 2.10. The lowest BCUT2D eigenvalue weighted by molar-refractivity contribution is 0.0724. The van der Waals surface area contributed by atoms with E-state index in [2.05, 4.69) is 0 Å². The zero-order valence-corrected chi connectivity index (χ0v) is 12.0. The van der Waals surface area contributed by atoms with Crippen molar-refractivity contribution in [1.29, 1.82) is 0 Å². The fraction of sp³-hybridized carbons (Fsp3) is 0.833. The molecular formula is C12H24N2O6. The fourth-order valence-corrected chi connectivity index (χ4v) is 1.43. The molecule has 0 aromatic carbocycles. The molecule has 0 aromatic heterocycles. The van der Waals surface area contributed by atoms with E-state index in [0.717, 1.165) is 12.8 Å². The number of carboxylic acid groups (broad SMARTS) is 1. The van der Waals surface area contributed by atoms with E-state index in [0.29, 0.717) is 26.4 Å². The number of amides is 2. The van der Waals surface area contributed by atoms with Gasteiger partial charge in [0.15, 0.2) is 0 Å². The van der Waals surface area contributed by atoms with E-state index < -0.39 is 12.2 Å². The summed E-state index contributed by atoms with van der Waals surface area (Å²) >= 11 is 0. The Bertz CT molecular complexity index is 265. The number of carbonyl (C=O) groups is 2. The molecule has 0 aliphatic rings. The second-order valence-electron chi connectivity index (χ2n) is 3.99.